The van der Waals surface area contributed by atoms with E-state index in [1.165, 1.54) is 6.42 Å². The molecule has 2 heterocycles. The second kappa shape index (κ2) is 11.0. The van der Waals surface area contributed by atoms with Crippen molar-refractivity contribution >= 4 is 11.8 Å². The Balaban J connectivity index is 1.36. The van der Waals surface area contributed by atoms with Crippen molar-refractivity contribution in [3.05, 3.63) is 59.4 Å². The quantitative estimate of drug-likeness (QED) is 0.487. The Labute approximate surface area is 204 Å². The first-order chi connectivity index (χ1) is 17.0. The van der Waals surface area contributed by atoms with Crippen LogP contribution in [0.1, 0.15) is 45.8 Å². The molecule has 0 bridgehead atoms. The first kappa shape index (κ1) is 24.3. The van der Waals surface area contributed by atoms with Crippen LogP contribution >= 0.6 is 0 Å². The number of likely N-dealkylation sites (tertiary alicyclic amines) is 1. The number of likely N-dealkylation sites (N-methyl/N-ethyl adjacent to an activating group) is 1. The van der Waals surface area contributed by atoms with Gasteiger partial charge in [0.1, 0.15) is 11.5 Å². The normalized spacial score (nSPS) is 13.4. The fourth-order valence-corrected chi connectivity index (χ4v) is 4.03. The number of nitrogens with zero attached hydrogens (tertiary/aromatic N) is 4. The lowest BCUT2D eigenvalue weighted by Gasteiger charge is -2.26. The van der Waals surface area contributed by atoms with E-state index in [9.17, 15) is 9.59 Å². The molecule has 4 rings (SSSR count). The molecule has 0 unspecified atom stereocenters. The van der Waals surface area contributed by atoms with Crippen LogP contribution in [0.3, 0.4) is 0 Å². The zero-order valence-corrected chi connectivity index (χ0v) is 20.3. The number of amides is 2. The van der Waals surface area contributed by atoms with Crippen LogP contribution in [-0.4, -0.2) is 72.7 Å². The van der Waals surface area contributed by atoms with E-state index in [4.69, 9.17) is 14.0 Å². The summed E-state index contributed by atoms with van der Waals surface area (Å²) < 4.78 is 15.9. The molecule has 0 spiro atoms. The van der Waals surface area contributed by atoms with Gasteiger partial charge < -0.3 is 23.8 Å². The Hall–Kier alpha value is -3.88. The number of methoxy groups -OCH3 is 2. The standard InChI is InChI=1S/C26H30N4O5/c1-29(25(31)20-15-21(33-2)17-22(16-20)34-3)14-11-23-27-24(35-28-23)18-7-9-19(10-8-18)26(32)30-12-5-4-6-13-30/h7-10,15-17H,4-6,11-14H2,1-3H3. The summed E-state index contributed by atoms with van der Waals surface area (Å²) in [6, 6.07) is 12.3. The lowest BCUT2D eigenvalue weighted by atomic mass is 10.1. The van der Waals surface area contributed by atoms with Crippen molar-refractivity contribution in [3.8, 4) is 23.0 Å². The molecule has 1 fully saturated rings. The van der Waals surface area contributed by atoms with Gasteiger partial charge in [-0.15, -0.1) is 0 Å². The number of ether oxygens (including phenoxy) is 2. The largest absolute Gasteiger partial charge is 0.497 e. The van der Waals surface area contributed by atoms with Crippen molar-refractivity contribution < 1.29 is 23.6 Å². The summed E-state index contributed by atoms with van der Waals surface area (Å²) in [4.78, 5) is 33.5. The molecule has 2 aromatic carbocycles. The lowest BCUT2D eigenvalue weighted by Crippen LogP contribution is -2.35. The summed E-state index contributed by atoms with van der Waals surface area (Å²) >= 11 is 0. The predicted molar refractivity (Wildman–Crippen MR) is 130 cm³/mol. The minimum Gasteiger partial charge on any atom is -0.497 e. The number of hydrogen-bond donors (Lipinski definition) is 0. The van der Waals surface area contributed by atoms with Gasteiger partial charge >= 0.3 is 0 Å². The third-order valence-corrected chi connectivity index (χ3v) is 6.11. The van der Waals surface area contributed by atoms with Crippen LogP contribution in [0.2, 0.25) is 0 Å². The molecule has 0 atom stereocenters. The molecule has 9 nitrogen and oxygen atoms in total. The van der Waals surface area contributed by atoms with Crippen LogP contribution in [0.15, 0.2) is 47.0 Å². The zero-order chi connectivity index (χ0) is 24.8. The molecule has 0 aliphatic carbocycles. The molecule has 0 N–H and O–H groups in total. The van der Waals surface area contributed by atoms with E-state index in [1.54, 1.807) is 56.5 Å². The highest BCUT2D eigenvalue weighted by Crippen LogP contribution is 2.24. The molecule has 1 aliphatic heterocycles. The van der Waals surface area contributed by atoms with Crippen LogP contribution in [0.25, 0.3) is 11.5 Å². The second-order valence-corrected chi connectivity index (χ2v) is 8.52. The smallest absolute Gasteiger partial charge is 0.257 e. The molecule has 35 heavy (non-hydrogen) atoms. The summed E-state index contributed by atoms with van der Waals surface area (Å²) in [6.07, 6.45) is 3.73. The van der Waals surface area contributed by atoms with Crippen molar-refractivity contribution in [2.24, 2.45) is 0 Å². The number of carbonyl (C=O) groups is 2. The molecule has 0 saturated carbocycles. The highest BCUT2D eigenvalue weighted by molar-refractivity contribution is 5.95. The van der Waals surface area contributed by atoms with Crippen LogP contribution in [0, 0.1) is 0 Å². The molecule has 1 aromatic heterocycles. The third kappa shape index (κ3) is 5.79. The average Bonchev–Trinajstić information content (AvgIpc) is 3.40. The van der Waals surface area contributed by atoms with Crippen molar-refractivity contribution in [2.45, 2.75) is 25.7 Å². The number of piperidine rings is 1. The van der Waals surface area contributed by atoms with Gasteiger partial charge in [0, 0.05) is 55.9 Å². The first-order valence-electron chi connectivity index (χ1n) is 11.7. The van der Waals surface area contributed by atoms with Gasteiger partial charge in [-0.3, -0.25) is 9.59 Å². The van der Waals surface area contributed by atoms with Gasteiger partial charge in [0.05, 0.1) is 14.2 Å². The number of rotatable bonds is 8. The Morgan fingerprint density at radius 1 is 0.971 bits per heavy atom. The van der Waals surface area contributed by atoms with Crippen molar-refractivity contribution in [1.82, 2.24) is 19.9 Å². The molecule has 9 heteroatoms. The maximum atomic E-state index is 12.8. The first-order valence-corrected chi connectivity index (χ1v) is 11.7. The fraction of sp³-hybridized carbons (Fsp3) is 0.385. The van der Waals surface area contributed by atoms with Gasteiger partial charge in [0.15, 0.2) is 5.82 Å². The summed E-state index contributed by atoms with van der Waals surface area (Å²) in [5.41, 5.74) is 1.87. The van der Waals surface area contributed by atoms with E-state index in [2.05, 4.69) is 10.1 Å². The Morgan fingerprint density at radius 2 is 1.63 bits per heavy atom. The van der Waals surface area contributed by atoms with Crippen molar-refractivity contribution in [1.29, 1.82) is 0 Å². The van der Waals surface area contributed by atoms with Crippen LogP contribution < -0.4 is 9.47 Å². The maximum Gasteiger partial charge on any atom is 0.257 e. The van der Waals surface area contributed by atoms with Crippen LogP contribution in [0.4, 0.5) is 0 Å². The van der Waals surface area contributed by atoms with E-state index < -0.39 is 0 Å². The Morgan fingerprint density at radius 3 is 2.26 bits per heavy atom. The number of carbonyl (C=O) groups excluding carboxylic acids is 2. The predicted octanol–water partition coefficient (Wildman–Crippen LogP) is 3.69. The third-order valence-electron chi connectivity index (χ3n) is 6.11. The number of hydrogen-bond acceptors (Lipinski definition) is 7. The Bertz CT molecular complexity index is 1150. The molecule has 0 radical (unpaired) electrons. The summed E-state index contributed by atoms with van der Waals surface area (Å²) in [5.74, 6) is 1.86. The molecular weight excluding hydrogens is 448 g/mol. The van der Waals surface area contributed by atoms with E-state index in [1.807, 2.05) is 17.0 Å². The van der Waals surface area contributed by atoms with Gasteiger partial charge in [-0.05, 0) is 55.7 Å². The molecule has 1 aliphatic rings. The summed E-state index contributed by atoms with van der Waals surface area (Å²) in [5, 5.41) is 4.04. The monoisotopic (exact) mass is 478 g/mol. The molecule has 184 valence electrons. The van der Waals surface area contributed by atoms with Gasteiger partial charge in [-0.25, -0.2) is 0 Å². The second-order valence-electron chi connectivity index (χ2n) is 8.52. The molecule has 3 aromatic rings. The topological polar surface area (TPSA) is 98.0 Å². The molecule has 1 saturated heterocycles. The van der Waals surface area contributed by atoms with Gasteiger partial charge in [-0.2, -0.15) is 4.98 Å². The minimum atomic E-state index is -0.167. The molecule has 2 amide bonds. The Kier molecular flexibility index (Phi) is 7.64. The average molecular weight is 479 g/mol. The lowest BCUT2D eigenvalue weighted by molar-refractivity contribution is 0.0723. The fourth-order valence-electron chi connectivity index (χ4n) is 4.03. The highest BCUT2D eigenvalue weighted by atomic mass is 16.5. The number of benzene rings is 2. The van der Waals surface area contributed by atoms with Gasteiger partial charge in [-0.1, -0.05) is 5.16 Å². The minimum absolute atomic E-state index is 0.0591. The van der Waals surface area contributed by atoms with Gasteiger partial charge in [0.25, 0.3) is 17.7 Å². The van der Waals surface area contributed by atoms with Crippen molar-refractivity contribution in [3.63, 3.8) is 0 Å². The summed E-state index contributed by atoms with van der Waals surface area (Å²) in [6.45, 7) is 2.03. The van der Waals surface area contributed by atoms with Gasteiger partial charge in [0.2, 0.25) is 0 Å². The highest BCUT2D eigenvalue weighted by Gasteiger charge is 2.19. The maximum absolute atomic E-state index is 12.8. The van der Waals surface area contributed by atoms with E-state index in [0.29, 0.717) is 47.3 Å². The molecular formula is C26H30N4O5. The van der Waals surface area contributed by atoms with E-state index in [-0.39, 0.29) is 11.8 Å². The van der Waals surface area contributed by atoms with Crippen molar-refractivity contribution in [2.75, 3.05) is 40.9 Å². The number of aromatic nitrogens is 2. The SMILES string of the molecule is COc1cc(OC)cc(C(=O)N(C)CCc2noc(-c3ccc(C(=O)N4CCCCC4)cc3)n2)c1. The van der Waals surface area contributed by atoms with Crippen LogP contribution in [0.5, 0.6) is 11.5 Å². The zero-order valence-electron chi connectivity index (χ0n) is 20.3. The van der Waals surface area contributed by atoms with Crippen LogP contribution in [-0.2, 0) is 6.42 Å². The summed E-state index contributed by atoms with van der Waals surface area (Å²) in [7, 11) is 4.80. The van der Waals surface area contributed by atoms with E-state index in [0.717, 1.165) is 31.5 Å². The van der Waals surface area contributed by atoms with E-state index >= 15 is 0 Å².